The maximum absolute atomic E-state index is 12.2. The molecule has 4 unspecified atom stereocenters. The highest BCUT2D eigenvalue weighted by Crippen LogP contribution is 2.38. The van der Waals surface area contributed by atoms with E-state index in [2.05, 4.69) is 27.7 Å². The van der Waals surface area contributed by atoms with Crippen molar-refractivity contribution < 1.29 is 38.2 Å². The number of aromatic hydroxyl groups is 1. The van der Waals surface area contributed by atoms with E-state index in [1.165, 1.54) is 13.0 Å². The minimum absolute atomic E-state index is 0.198. The third kappa shape index (κ3) is 9.69. The molecule has 0 aromatic heterocycles. The Morgan fingerprint density at radius 3 is 1.77 bits per heavy atom. The van der Waals surface area contributed by atoms with Gasteiger partial charge in [0, 0.05) is 0 Å². The van der Waals surface area contributed by atoms with Crippen LogP contribution in [0.15, 0.2) is 18.2 Å². The molecule has 4 atom stereocenters. The van der Waals surface area contributed by atoms with Crippen molar-refractivity contribution in [1.29, 1.82) is 0 Å². The molecule has 0 bridgehead atoms. The number of allylic oxidation sites excluding steroid dienone is 1. The molecule has 0 fully saturated rings. The van der Waals surface area contributed by atoms with Crippen molar-refractivity contribution in [3.8, 4) is 5.75 Å². The number of phenols is 1. The van der Waals surface area contributed by atoms with Crippen LogP contribution in [-0.4, -0.2) is 31.7 Å². The van der Waals surface area contributed by atoms with Crippen LogP contribution in [0, 0.1) is 0 Å². The predicted octanol–water partition coefficient (Wildman–Crippen LogP) is 4.54. The van der Waals surface area contributed by atoms with Crippen LogP contribution in [0.3, 0.4) is 0 Å². The number of carbonyl (C=O) groups excluding carboxylic acids is 1. The first-order chi connectivity index (χ1) is 13.8. The number of hydrogen-bond acceptors (Lipinski definition) is 5. The number of rotatable bonds is 9. The summed E-state index contributed by atoms with van der Waals surface area (Å²) in [5.74, 6) is 0.373. The van der Waals surface area contributed by atoms with E-state index in [1.807, 2.05) is 19.1 Å². The lowest BCUT2D eigenvalue weighted by Crippen LogP contribution is -2.15. The average Bonchev–Trinajstić information content (AvgIpc) is 2.65. The van der Waals surface area contributed by atoms with Gasteiger partial charge in [0.25, 0.3) is 0 Å². The van der Waals surface area contributed by atoms with Gasteiger partial charge in [-0.25, -0.2) is 0 Å². The summed E-state index contributed by atoms with van der Waals surface area (Å²) in [6, 6.07) is 3.85. The van der Waals surface area contributed by atoms with Crippen molar-refractivity contribution in [2.75, 3.05) is 0 Å². The largest absolute Gasteiger partial charge is 0.507 e. The van der Waals surface area contributed by atoms with Gasteiger partial charge in [-0.3, -0.25) is 18.4 Å². The van der Waals surface area contributed by atoms with E-state index < -0.39 is 22.6 Å². The third-order valence-corrected chi connectivity index (χ3v) is 5.50. The van der Waals surface area contributed by atoms with E-state index in [4.69, 9.17) is 23.8 Å². The second-order valence-electron chi connectivity index (χ2n) is 7.16. The van der Waals surface area contributed by atoms with E-state index in [0.29, 0.717) is 5.75 Å². The Labute approximate surface area is 179 Å². The molecule has 8 nitrogen and oxygen atoms in total. The van der Waals surface area contributed by atoms with E-state index in [-0.39, 0.29) is 17.6 Å². The molecule has 4 N–H and O–H groups in total. The molecule has 0 saturated carbocycles. The van der Waals surface area contributed by atoms with Gasteiger partial charge in [-0.2, -0.15) is 0 Å². The molecular formula is C20H34O8P2. The quantitative estimate of drug-likeness (QED) is 0.308. The summed E-state index contributed by atoms with van der Waals surface area (Å²) in [6.45, 7) is 11.6. The Hall–Kier alpha value is -1.27. The monoisotopic (exact) mass is 464 g/mol. The summed E-state index contributed by atoms with van der Waals surface area (Å²) in [5, 5.41) is 10.7. The molecule has 0 amide bonds. The lowest BCUT2D eigenvalue weighted by Gasteiger charge is -2.20. The second kappa shape index (κ2) is 13.9. The summed E-state index contributed by atoms with van der Waals surface area (Å²) >= 11 is 0. The van der Waals surface area contributed by atoms with Crippen molar-refractivity contribution in [2.24, 2.45) is 0 Å². The molecule has 172 valence electrons. The summed E-state index contributed by atoms with van der Waals surface area (Å²) in [6.07, 6.45) is 2.26. The minimum Gasteiger partial charge on any atom is -0.507 e. The first-order valence-electron chi connectivity index (χ1n) is 9.76. The fourth-order valence-electron chi connectivity index (χ4n) is 2.72. The van der Waals surface area contributed by atoms with Crippen molar-refractivity contribution in [3.05, 3.63) is 34.9 Å². The zero-order valence-electron chi connectivity index (χ0n) is 18.3. The number of carbonyl (C=O) groups is 1. The molecule has 1 aromatic carbocycles. The molecule has 10 heteroatoms. The summed E-state index contributed by atoms with van der Waals surface area (Å²) in [4.78, 5) is 35.3. The lowest BCUT2D eigenvalue weighted by molar-refractivity contribution is -0.120. The first-order valence-corrected chi connectivity index (χ1v) is 12.3. The zero-order chi connectivity index (χ0) is 23.6. The molecule has 1 rings (SSSR count). The molecule has 0 aliphatic heterocycles. The molecule has 0 aliphatic carbocycles. The summed E-state index contributed by atoms with van der Waals surface area (Å²) < 4.78 is 24.2. The molecular weight excluding hydrogens is 430 g/mol. The van der Waals surface area contributed by atoms with E-state index in [9.17, 15) is 14.5 Å². The standard InChI is InChI=1S/C20H31O5P.H3O3P/c1-7-12(3)17-10-16(11-18(20(17)22)13(4)8-2)14(5)9-19(21)15(6)25-26(23)24;1-4(2)3/h9-13,15,22,26H,7-8H2,1-6H3,(H,23,24);4H,(H2,1,2,3). The van der Waals surface area contributed by atoms with Crippen LogP contribution in [-0.2, 0) is 18.4 Å². The van der Waals surface area contributed by atoms with Crippen molar-refractivity contribution in [2.45, 2.75) is 72.3 Å². The van der Waals surface area contributed by atoms with Gasteiger partial charge >= 0.3 is 16.5 Å². The maximum atomic E-state index is 12.2. The smallest absolute Gasteiger partial charge is 0.317 e. The van der Waals surface area contributed by atoms with E-state index in [0.717, 1.165) is 35.1 Å². The van der Waals surface area contributed by atoms with E-state index in [1.54, 1.807) is 0 Å². The normalized spacial score (nSPS) is 15.7. The Morgan fingerprint density at radius 1 is 1.03 bits per heavy atom. The maximum Gasteiger partial charge on any atom is 0.317 e. The van der Waals surface area contributed by atoms with E-state index >= 15 is 0 Å². The lowest BCUT2D eigenvalue weighted by atomic mass is 9.86. The Kier molecular flexibility index (Phi) is 13.3. The van der Waals surface area contributed by atoms with Crippen LogP contribution in [0.1, 0.15) is 82.9 Å². The van der Waals surface area contributed by atoms with Gasteiger partial charge in [0.15, 0.2) is 5.78 Å². The number of hydrogen-bond donors (Lipinski definition) is 4. The van der Waals surface area contributed by atoms with Gasteiger partial charge in [0.1, 0.15) is 11.9 Å². The first kappa shape index (κ1) is 28.7. The third-order valence-electron chi connectivity index (χ3n) is 4.95. The van der Waals surface area contributed by atoms with Gasteiger partial charge in [-0.15, -0.1) is 0 Å². The summed E-state index contributed by atoms with van der Waals surface area (Å²) in [5.41, 5.74) is 3.36. The number of ketones is 1. The average molecular weight is 464 g/mol. The van der Waals surface area contributed by atoms with Crippen LogP contribution in [0.4, 0.5) is 0 Å². The van der Waals surface area contributed by atoms with Crippen LogP contribution in [0.25, 0.3) is 5.57 Å². The van der Waals surface area contributed by atoms with Crippen LogP contribution < -0.4 is 0 Å². The second-order valence-corrected chi connectivity index (χ2v) is 8.49. The highest BCUT2D eigenvalue weighted by atomic mass is 31.1. The highest BCUT2D eigenvalue weighted by Gasteiger charge is 2.19. The molecule has 0 radical (unpaired) electrons. The van der Waals surface area contributed by atoms with Gasteiger partial charge in [0.2, 0.25) is 0 Å². The van der Waals surface area contributed by atoms with Crippen LogP contribution in [0.2, 0.25) is 0 Å². The zero-order valence-corrected chi connectivity index (χ0v) is 20.3. The molecule has 0 heterocycles. The fraction of sp³-hybridized carbons (Fsp3) is 0.550. The molecule has 30 heavy (non-hydrogen) atoms. The predicted molar refractivity (Wildman–Crippen MR) is 119 cm³/mol. The van der Waals surface area contributed by atoms with Gasteiger partial charge < -0.3 is 19.8 Å². The van der Waals surface area contributed by atoms with Gasteiger partial charge in [0.05, 0.1) is 0 Å². The summed E-state index contributed by atoms with van der Waals surface area (Å²) in [7, 11) is -6.29. The Bertz CT molecular complexity index is 756. The number of benzene rings is 1. The SMILES string of the molecule is CCC(C)c1cc(C(C)=CC(=O)C(C)O[PH](=O)O)cc(C(C)CC)c1O.O=[PH](O)O. The van der Waals surface area contributed by atoms with Crippen molar-refractivity contribution in [3.63, 3.8) is 0 Å². The molecule has 0 aliphatic rings. The van der Waals surface area contributed by atoms with Crippen LogP contribution >= 0.6 is 16.5 Å². The molecule has 0 saturated heterocycles. The Morgan fingerprint density at radius 2 is 1.43 bits per heavy atom. The van der Waals surface area contributed by atoms with Crippen molar-refractivity contribution in [1.82, 2.24) is 0 Å². The van der Waals surface area contributed by atoms with Crippen LogP contribution in [0.5, 0.6) is 5.75 Å². The Balaban J connectivity index is 0.00000192. The van der Waals surface area contributed by atoms with Gasteiger partial charge in [-0.1, -0.05) is 27.7 Å². The topological polar surface area (TPSA) is 141 Å². The fourth-order valence-corrected chi connectivity index (χ4v) is 3.14. The van der Waals surface area contributed by atoms with Crippen molar-refractivity contribution >= 4 is 27.9 Å². The van der Waals surface area contributed by atoms with Gasteiger partial charge in [-0.05, 0) is 79.0 Å². The minimum atomic E-state index is -3.16. The highest BCUT2D eigenvalue weighted by molar-refractivity contribution is 7.32. The molecule has 0 spiro atoms. The molecule has 1 aromatic rings. The number of phenolic OH excluding ortho intramolecular Hbond substituents is 1.